The molecule has 51 heavy (non-hydrogen) atoms. The Morgan fingerprint density at radius 1 is 0.314 bits per heavy atom. The topological polar surface area (TPSA) is 51.8 Å². The third-order valence-corrected chi connectivity index (χ3v) is 9.72. The van der Waals surface area contributed by atoms with E-state index in [2.05, 4.69) is 121 Å². The van der Waals surface area contributed by atoms with Crippen LogP contribution in [0.1, 0.15) is 0 Å². The van der Waals surface area contributed by atoms with Gasteiger partial charge in [0, 0.05) is 27.5 Å². The Morgan fingerprint density at radius 3 is 1.69 bits per heavy atom. The van der Waals surface area contributed by atoms with E-state index < -0.39 is 0 Å². The van der Waals surface area contributed by atoms with E-state index in [1.807, 2.05) is 54.6 Å². The molecule has 0 aliphatic carbocycles. The van der Waals surface area contributed by atoms with Crippen LogP contribution in [-0.2, 0) is 0 Å². The molecule has 0 aliphatic heterocycles. The number of furan rings is 1. The first-order valence-corrected chi connectivity index (χ1v) is 17.1. The maximum Gasteiger partial charge on any atom is 0.164 e. The van der Waals surface area contributed by atoms with Crippen LogP contribution in [0.3, 0.4) is 0 Å². The molecular weight excluding hydrogens is 623 g/mol. The minimum absolute atomic E-state index is 0.592. The van der Waals surface area contributed by atoms with E-state index in [1.165, 1.54) is 21.9 Å². The van der Waals surface area contributed by atoms with Gasteiger partial charge in [-0.05, 0) is 74.1 Å². The van der Waals surface area contributed by atoms with E-state index in [4.69, 9.17) is 19.4 Å². The molecule has 0 spiro atoms. The molecule has 2 aromatic heterocycles. The normalized spacial score (nSPS) is 11.5. The van der Waals surface area contributed by atoms with Crippen LogP contribution < -0.4 is 0 Å². The number of hydrogen-bond donors (Lipinski definition) is 0. The first kappa shape index (κ1) is 29.0. The lowest BCUT2D eigenvalue weighted by molar-refractivity contribution is 0.669. The largest absolute Gasteiger partial charge is 0.456 e. The highest BCUT2D eigenvalue weighted by Gasteiger charge is 2.21. The number of aromatic nitrogens is 3. The summed E-state index contributed by atoms with van der Waals surface area (Å²) in [6, 6.07) is 61.0. The number of nitrogens with zero attached hydrogens (tertiary/aromatic N) is 3. The van der Waals surface area contributed by atoms with Crippen LogP contribution in [0.15, 0.2) is 180 Å². The summed E-state index contributed by atoms with van der Waals surface area (Å²) in [7, 11) is 0. The van der Waals surface area contributed by atoms with Gasteiger partial charge >= 0.3 is 0 Å². The molecular formula is C47H29N3O. The summed E-state index contributed by atoms with van der Waals surface area (Å²) in [6.45, 7) is 0. The summed E-state index contributed by atoms with van der Waals surface area (Å²) < 4.78 is 6.54. The van der Waals surface area contributed by atoms with Crippen LogP contribution in [0.2, 0.25) is 0 Å². The van der Waals surface area contributed by atoms with Crippen molar-refractivity contribution in [1.29, 1.82) is 0 Å². The molecule has 0 bridgehead atoms. The van der Waals surface area contributed by atoms with Crippen molar-refractivity contribution in [1.82, 2.24) is 15.0 Å². The number of rotatable bonds is 5. The number of para-hydroxylation sites is 1. The van der Waals surface area contributed by atoms with Crippen molar-refractivity contribution in [3.8, 4) is 56.4 Å². The predicted molar refractivity (Wildman–Crippen MR) is 209 cm³/mol. The SMILES string of the molecule is c1ccc(-c2nc(-c3ccc(-c4ccccc4)c4ccccc34)nc(-c3cc(-c4ccc5ccccc5c4)cc4oc5ccccc5c34)n2)cc1. The summed E-state index contributed by atoms with van der Waals surface area (Å²) in [6.07, 6.45) is 0. The zero-order valence-electron chi connectivity index (χ0n) is 27.5. The van der Waals surface area contributed by atoms with Gasteiger partial charge < -0.3 is 4.42 Å². The van der Waals surface area contributed by atoms with Gasteiger partial charge in [0.15, 0.2) is 17.5 Å². The van der Waals surface area contributed by atoms with Gasteiger partial charge in [-0.3, -0.25) is 0 Å². The molecule has 10 rings (SSSR count). The molecule has 0 N–H and O–H groups in total. The van der Waals surface area contributed by atoms with Crippen LogP contribution in [-0.4, -0.2) is 15.0 Å². The molecule has 2 heterocycles. The van der Waals surface area contributed by atoms with Crippen LogP contribution >= 0.6 is 0 Å². The van der Waals surface area contributed by atoms with Crippen molar-refractivity contribution in [3.05, 3.63) is 176 Å². The third kappa shape index (κ3) is 5.04. The maximum absolute atomic E-state index is 6.54. The summed E-state index contributed by atoms with van der Waals surface area (Å²) in [5, 5.41) is 6.61. The molecule has 0 fully saturated rings. The Kier molecular flexibility index (Phi) is 6.78. The summed E-state index contributed by atoms with van der Waals surface area (Å²) >= 11 is 0. The Morgan fingerprint density at radius 2 is 0.902 bits per heavy atom. The maximum atomic E-state index is 6.54. The average molecular weight is 652 g/mol. The highest BCUT2D eigenvalue weighted by molar-refractivity contribution is 6.13. The van der Waals surface area contributed by atoms with Crippen LogP contribution in [0.4, 0.5) is 0 Å². The standard InChI is InChI=1S/C47H29N3O/c1-3-14-31(15-4-1)36-25-26-39(38-20-10-9-19-37(36)38)46-48-45(32-16-5-2-6-17-32)49-47(50-46)41-28-35(34-24-23-30-13-7-8-18-33(30)27-34)29-43-44(41)40-21-11-12-22-42(40)51-43/h1-29H. The smallest absolute Gasteiger partial charge is 0.164 e. The zero-order chi connectivity index (χ0) is 33.7. The average Bonchev–Trinajstić information content (AvgIpc) is 3.59. The summed E-state index contributed by atoms with van der Waals surface area (Å²) in [5.74, 6) is 1.82. The second-order valence-corrected chi connectivity index (χ2v) is 12.8. The fourth-order valence-electron chi connectivity index (χ4n) is 7.26. The van der Waals surface area contributed by atoms with Crippen molar-refractivity contribution < 1.29 is 4.42 Å². The molecule has 8 aromatic carbocycles. The van der Waals surface area contributed by atoms with Crippen molar-refractivity contribution in [2.24, 2.45) is 0 Å². The fourth-order valence-corrected chi connectivity index (χ4v) is 7.26. The van der Waals surface area contributed by atoms with Crippen LogP contribution in [0.25, 0.3) is 99.9 Å². The first-order valence-electron chi connectivity index (χ1n) is 17.1. The van der Waals surface area contributed by atoms with Crippen LogP contribution in [0, 0.1) is 0 Å². The number of hydrogen-bond acceptors (Lipinski definition) is 4. The lowest BCUT2D eigenvalue weighted by Crippen LogP contribution is -2.01. The quantitative estimate of drug-likeness (QED) is 0.186. The van der Waals surface area contributed by atoms with Gasteiger partial charge in [0.25, 0.3) is 0 Å². The highest BCUT2D eigenvalue weighted by Crippen LogP contribution is 2.41. The molecule has 4 heteroatoms. The molecule has 0 radical (unpaired) electrons. The van der Waals surface area contributed by atoms with E-state index in [0.29, 0.717) is 17.5 Å². The van der Waals surface area contributed by atoms with E-state index >= 15 is 0 Å². The van der Waals surface area contributed by atoms with Gasteiger partial charge in [-0.1, -0.05) is 146 Å². The van der Waals surface area contributed by atoms with E-state index in [9.17, 15) is 0 Å². The molecule has 4 nitrogen and oxygen atoms in total. The van der Waals surface area contributed by atoms with Crippen molar-refractivity contribution in [2.75, 3.05) is 0 Å². The predicted octanol–water partition coefficient (Wildman–Crippen LogP) is 12.4. The Hall–Kier alpha value is -6.91. The third-order valence-electron chi connectivity index (χ3n) is 9.72. The molecule has 0 saturated carbocycles. The lowest BCUT2D eigenvalue weighted by atomic mass is 9.94. The van der Waals surface area contributed by atoms with E-state index in [-0.39, 0.29) is 0 Å². The minimum atomic E-state index is 0.592. The summed E-state index contributed by atoms with van der Waals surface area (Å²) in [4.78, 5) is 15.7. The number of fused-ring (bicyclic) bond motifs is 5. The summed E-state index contributed by atoms with van der Waals surface area (Å²) in [5.41, 5.74) is 8.84. The second-order valence-electron chi connectivity index (χ2n) is 12.8. The zero-order valence-corrected chi connectivity index (χ0v) is 27.5. The van der Waals surface area contributed by atoms with Crippen molar-refractivity contribution in [2.45, 2.75) is 0 Å². The van der Waals surface area contributed by atoms with Gasteiger partial charge in [0.1, 0.15) is 11.2 Å². The molecule has 0 saturated heterocycles. The van der Waals surface area contributed by atoms with Gasteiger partial charge in [0.05, 0.1) is 0 Å². The molecule has 0 atom stereocenters. The minimum Gasteiger partial charge on any atom is -0.456 e. The van der Waals surface area contributed by atoms with Crippen molar-refractivity contribution in [3.63, 3.8) is 0 Å². The van der Waals surface area contributed by atoms with Gasteiger partial charge in [-0.15, -0.1) is 0 Å². The fraction of sp³-hybridized carbons (Fsp3) is 0. The van der Waals surface area contributed by atoms with Gasteiger partial charge in [-0.2, -0.15) is 0 Å². The molecule has 238 valence electrons. The van der Waals surface area contributed by atoms with E-state index in [0.717, 1.165) is 60.5 Å². The molecule has 0 unspecified atom stereocenters. The molecule has 0 aliphatic rings. The Balaban J connectivity index is 1.25. The Labute approximate surface area is 294 Å². The highest BCUT2D eigenvalue weighted by atomic mass is 16.3. The monoisotopic (exact) mass is 651 g/mol. The molecule has 0 amide bonds. The van der Waals surface area contributed by atoms with Crippen LogP contribution in [0.5, 0.6) is 0 Å². The number of benzene rings is 8. The first-order chi connectivity index (χ1) is 25.3. The van der Waals surface area contributed by atoms with Gasteiger partial charge in [-0.25, -0.2) is 15.0 Å². The molecule has 10 aromatic rings. The van der Waals surface area contributed by atoms with Crippen molar-refractivity contribution >= 4 is 43.5 Å². The lowest BCUT2D eigenvalue weighted by Gasteiger charge is -2.14. The van der Waals surface area contributed by atoms with Gasteiger partial charge in [0.2, 0.25) is 0 Å². The Bertz CT molecular complexity index is 2910. The van der Waals surface area contributed by atoms with E-state index in [1.54, 1.807) is 0 Å². The second kappa shape index (κ2) is 11.9.